The van der Waals surface area contributed by atoms with E-state index in [1.165, 1.54) is 29.5 Å². The van der Waals surface area contributed by atoms with Crippen molar-refractivity contribution in [1.82, 2.24) is 4.98 Å². The summed E-state index contributed by atoms with van der Waals surface area (Å²) >= 11 is 0. The van der Waals surface area contributed by atoms with E-state index in [1.54, 1.807) is 7.11 Å². The van der Waals surface area contributed by atoms with E-state index in [0.29, 0.717) is 12.0 Å². The van der Waals surface area contributed by atoms with Crippen LogP contribution in [0, 0.1) is 5.92 Å². The standard InChI is InChI=1S/C26H31NO2/c1-28-25-12-11-22(19-26(25)29-24-9-5-6-10-24)23(17-20-7-3-2-4-8-20)18-21-13-15-27-16-14-21/h2-4,7-8,13-16,19,23-24H,5-6,9-12,17-18H2,1H3/t23-/m0/s1. The van der Waals surface area contributed by atoms with E-state index < -0.39 is 0 Å². The predicted molar refractivity (Wildman–Crippen MR) is 116 cm³/mol. The zero-order valence-electron chi connectivity index (χ0n) is 17.3. The van der Waals surface area contributed by atoms with Crippen molar-refractivity contribution in [3.05, 3.63) is 89.2 Å². The molecule has 2 aliphatic rings. The van der Waals surface area contributed by atoms with Gasteiger partial charge in [-0.25, -0.2) is 0 Å². The molecule has 0 unspecified atom stereocenters. The van der Waals surface area contributed by atoms with E-state index in [9.17, 15) is 0 Å². The van der Waals surface area contributed by atoms with E-state index in [1.807, 2.05) is 12.4 Å². The molecule has 2 aromatic rings. The van der Waals surface area contributed by atoms with Crippen molar-refractivity contribution in [3.8, 4) is 0 Å². The maximum absolute atomic E-state index is 6.40. The lowest BCUT2D eigenvalue weighted by Gasteiger charge is -2.27. The highest BCUT2D eigenvalue weighted by atomic mass is 16.5. The van der Waals surface area contributed by atoms with E-state index >= 15 is 0 Å². The molecular formula is C26H31NO2. The lowest BCUT2D eigenvalue weighted by atomic mass is 9.82. The molecule has 0 bridgehead atoms. The quantitative estimate of drug-likeness (QED) is 0.553. The Hall–Kier alpha value is -2.55. The average Bonchev–Trinajstić information content (AvgIpc) is 3.28. The number of nitrogens with zero attached hydrogens (tertiary/aromatic N) is 1. The first kappa shape index (κ1) is 19.8. The summed E-state index contributed by atoms with van der Waals surface area (Å²) in [5.74, 6) is 2.41. The van der Waals surface area contributed by atoms with Crippen molar-refractivity contribution in [2.24, 2.45) is 5.92 Å². The van der Waals surface area contributed by atoms with Crippen LogP contribution in [0.4, 0.5) is 0 Å². The summed E-state index contributed by atoms with van der Waals surface area (Å²) in [5.41, 5.74) is 4.19. The first-order chi connectivity index (χ1) is 14.3. The molecule has 3 heteroatoms. The lowest BCUT2D eigenvalue weighted by Crippen LogP contribution is -2.17. The number of hydrogen-bond donors (Lipinski definition) is 0. The van der Waals surface area contributed by atoms with Crippen molar-refractivity contribution in [2.75, 3.05) is 7.11 Å². The van der Waals surface area contributed by atoms with Crippen LogP contribution in [0.15, 0.2) is 78.0 Å². The maximum atomic E-state index is 6.40. The molecule has 1 aromatic heterocycles. The van der Waals surface area contributed by atoms with E-state index in [0.717, 1.165) is 50.0 Å². The van der Waals surface area contributed by atoms with E-state index in [2.05, 4.69) is 53.5 Å². The Morgan fingerprint density at radius 2 is 1.62 bits per heavy atom. The van der Waals surface area contributed by atoms with Crippen LogP contribution in [-0.2, 0) is 22.3 Å². The number of allylic oxidation sites excluding steroid dienone is 3. The van der Waals surface area contributed by atoms with Gasteiger partial charge in [-0.2, -0.15) is 0 Å². The average molecular weight is 390 g/mol. The molecule has 1 heterocycles. The number of rotatable bonds is 8. The van der Waals surface area contributed by atoms with Gasteiger partial charge in [0.15, 0.2) is 5.76 Å². The molecule has 0 saturated heterocycles. The normalized spacial score (nSPS) is 18.4. The Bertz CT molecular complexity index is 794. The fraction of sp³-hybridized carbons (Fsp3) is 0.423. The highest BCUT2D eigenvalue weighted by molar-refractivity contribution is 5.31. The first-order valence-corrected chi connectivity index (χ1v) is 10.9. The molecule has 152 valence electrons. The van der Waals surface area contributed by atoms with Crippen LogP contribution in [-0.4, -0.2) is 18.2 Å². The second kappa shape index (κ2) is 9.78. The van der Waals surface area contributed by atoms with Crippen LogP contribution in [0.1, 0.15) is 49.7 Å². The summed E-state index contributed by atoms with van der Waals surface area (Å²) in [5, 5.41) is 0. The first-order valence-electron chi connectivity index (χ1n) is 10.9. The highest BCUT2D eigenvalue weighted by Crippen LogP contribution is 2.35. The SMILES string of the molecule is COC1=C(OC2CCCC2)C=C([C@@H](Cc2ccccc2)Cc2ccncc2)CC1. The Morgan fingerprint density at radius 1 is 0.931 bits per heavy atom. The van der Waals surface area contributed by atoms with Crippen molar-refractivity contribution in [1.29, 1.82) is 0 Å². The van der Waals surface area contributed by atoms with E-state index in [4.69, 9.17) is 9.47 Å². The molecule has 4 rings (SSSR count). The summed E-state index contributed by atoms with van der Waals surface area (Å²) in [6.45, 7) is 0. The summed E-state index contributed by atoms with van der Waals surface area (Å²) < 4.78 is 12.1. The minimum absolute atomic E-state index is 0.346. The monoisotopic (exact) mass is 389 g/mol. The Kier molecular flexibility index (Phi) is 6.66. The van der Waals surface area contributed by atoms with Crippen LogP contribution < -0.4 is 0 Å². The molecule has 1 saturated carbocycles. The van der Waals surface area contributed by atoms with Crippen LogP contribution in [0.3, 0.4) is 0 Å². The molecule has 1 fully saturated rings. The number of methoxy groups -OCH3 is 1. The van der Waals surface area contributed by atoms with Crippen molar-refractivity contribution < 1.29 is 9.47 Å². The van der Waals surface area contributed by atoms with Crippen LogP contribution >= 0.6 is 0 Å². The molecular weight excluding hydrogens is 358 g/mol. The third-order valence-corrected chi connectivity index (χ3v) is 6.16. The third kappa shape index (κ3) is 5.29. The number of ether oxygens (including phenoxy) is 2. The largest absolute Gasteiger partial charge is 0.497 e. The topological polar surface area (TPSA) is 31.4 Å². The molecule has 1 atom stereocenters. The molecule has 0 amide bonds. The van der Waals surface area contributed by atoms with Crippen LogP contribution in [0.25, 0.3) is 0 Å². The minimum Gasteiger partial charge on any atom is -0.497 e. The zero-order valence-corrected chi connectivity index (χ0v) is 17.3. The Labute approximate surface area is 174 Å². The minimum atomic E-state index is 0.346. The van der Waals surface area contributed by atoms with Gasteiger partial charge in [-0.15, -0.1) is 0 Å². The zero-order chi connectivity index (χ0) is 19.9. The van der Waals surface area contributed by atoms with Gasteiger partial charge in [0.05, 0.1) is 13.2 Å². The Balaban J connectivity index is 1.59. The van der Waals surface area contributed by atoms with Crippen molar-refractivity contribution in [2.45, 2.75) is 57.5 Å². The molecule has 29 heavy (non-hydrogen) atoms. The third-order valence-electron chi connectivity index (χ3n) is 6.16. The smallest absolute Gasteiger partial charge is 0.157 e. The van der Waals surface area contributed by atoms with E-state index in [-0.39, 0.29) is 0 Å². The summed E-state index contributed by atoms with van der Waals surface area (Å²) in [4.78, 5) is 4.18. The lowest BCUT2D eigenvalue weighted by molar-refractivity contribution is 0.109. The fourth-order valence-electron chi connectivity index (χ4n) is 4.55. The number of pyridine rings is 1. The predicted octanol–water partition coefficient (Wildman–Crippen LogP) is 6.02. The van der Waals surface area contributed by atoms with Gasteiger partial charge in [-0.1, -0.05) is 35.9 Å². The second-order valence-electron chi connectivity index (χ2n) is 8.18. The molecule has 2 aliphatic carbocycles. The van der Waals surface area contributed by atoms with Gasteiger partial charge in [0.25, 0.3) is 0 Å². The molecule has 0 radical (unpaired) electrons. The van der Waals surface area contributed by atoms with Crippen molar-refractivity contribution >= 4 is 0 Å². The van der Waals surface area contributed by atoms with Crippen molar-refractivity contribution in [3.63, 3.8) is 0 Å². The summed E-state index contributed by atoms with van der Waals surface area (Å²) in [6.07, 6.45) is 15.3. The second-order valence-corrected chi connectivity index (χ2v) is 8.18. The molecule has 0 spiro atoms. The van der Waals surface area contributed by atoms with Crippen LogP contribution in [0.2, 0.25) is 0 Å². The van der Waals surface area contributed by atoms with Gasteiger partial charge < -0.3 is 9.47 Å². The van der Waals surface area contributed by atoms with Gasteiger partial charge in [0, 0.05) is 18.8 Å². The van der Waals surface area contributed by atoms with Gasteiger partial charge >= 0.3 is 0 Å². The number of aromatic nitrogens is 1. The Morgan fingerprint density at radius 3 is 2.31 bits per heavy atom. The van der Waals surface area contributed by atoms with Gasteiger partial charge in [-0.3, -0.25) is 4.98 Å². The molecule has 3 nitrogen and oxygen atoms in total. The van der Waals surface area contributed by atoms with Gasteiger partial charge in [-0.05, 0) is 80.2 Å². The van der Waals surface area contributed by atoms with Crippen LogP contribution in [0.5, 0.6) is 0 Å². The number of hydrogen-bond acceptors (Lipinski definition) is 3. The highest BCUT2D eigenvalue weighted by Gasteiger charge is 2.25. The van der Waals surface area contributed by atoms with Gasteiger partial charge in [0.2, 0.25) is 0 Å². The number of benzene rings is 1. The summed E-state index contributed by atoms with van der Waals surface area (Å²) in [7, 11) is 1.77. The fourth-order valence-corrected chi connectivity index (χ4v) is 4.55. The molecule has 1 aromatic carbocycles. The molecule has 0 aliphatic heterocycles. The molecule has 0 N–H and O–H groups in total. The maximum Gasteiger partial charge on any atom is 0.157 e. The van der Waals surface area contributed by atoms with Gasteiger partial charge in [0.1, 0.15) is 5.76 Å². The summed E-state index contributed by atoms with van der Waals surface area (Å²) in [6, 6.07) is 15.1.